The predicted octanol–water partition coefficient (Wildman–Crippen LogP) is 3.21. The quantitative estimate of drug-likeness (QED) is 0.494. The topological polar surface area (TPSA) is 109 Å². The highest BCUT2D eigenvalue weighted by Crippen LogP contribution is 2.18. The third-order valence-electron chi connectivity index (χ3n) is 3.58. The molecule has 2 rings (SSSR count). The molecule has 8 nitrogen and oxygen atoms in total. The molecule has 0 bridgehead atoms. The third kappa shape index (κ3) is 7.46. The molecular weight excluding hydrogens is 440 g/mol. The van der Waals surface area contributed by atoms with Gasteiger partial charge in [0.15, 0.2) is 6.10 Å². The molecule has 0 heterocycles. The maximum atomic E-state index is 12.3. The average molecular weight is 463 g/mol. The van der Waals surface area contributed by atoms with Crippen LogP contribution in [0.4, 0.5) is 10.5 Å². The molecular formula is C20H23BrN4O4. The molecule has 4 N–H and O–H groups in total. The Balaban J connectivity index is 1.88. The fraction of sp³-hybridized carbons (Fsp3) is 0.250. The van der Waals surface area contributed by atoms with Gasteiger partial charge in [-0.1, -0.05) is 28.1 Å². The molecule has 0 aliphatic heterocycles. The number of hydrazine groups is 1. The lowest BCUT2D eigenvalue weighted by atomic mass is 10.2. The first-order valence-corrected chi connectivity index (χ1v) is 9.74. The SMILES string of the molecule is CC(C)NC(=O)Nc1cccc(C(=O)NNC(=O)C(C)Oc2cccc(Br)c2)c1. The fourth-order valence-electron chi connectivity index (χ4n) is 2.26. The van der Waals surface area contributed by atoms with E-state index in [2.05, 4.69) is 37.4 Å². The first kappa shape index (κ1) is 22.2. The Kier molecular flexibility index (Phi) is 8.02. The van der Waals surface area contributed by atoms with Crippen LogP contribution in [0.15, 0.2) is 53.0 Å². The standard InChI is InChI=1S/C20H23BrN4O4/c1-12(2)22-20(28)23-16-8-4-6-14(10-16)19(27)25-24-18(26)13(3)29-17-9-5-7-15(21)11-17/h4-13H,1-3H3,(H,24,26)(H,25,27)(H2,22,23,28). The summed E-state index contributed by atoms with van der Waals surface area (Å²) in [5.74, 6) is -0.517. The molecule has 1 atom stereocenters. The zero-order valence-electron chi connectivity index (χ0n) is 16.3. The molecule has 29 heavy (non-hydrogen) atoms. The van der Waals surface area contributed by atoms with Crippen LogP contribution >= 0.6 is 15.9 Å². The molecule has 1 unspecified atom stereocenters. The van der Waals surface area contributed by atoms with Crippen molar-refractivity contribution in [1.82, 2.24) is 16.2 Å². The number of anilines is 1. The maximum absolute atomic E-state index is 12.3. The van der Waals surface area contributed by atoms with E-state index in [9.17, 15) is 14.4 Å². The number of amides is 4. The van der Waals surface area contributed by atoms with E-state index in [0.717, 1.165) is 4.47 Å². The second kappa shape index (κ2) is 10.5. The Morgan fingerprint density at radius 1 is 0.966 bits per heavy atom. The highest BCUT2D eigenvalue weighted by atomic mass is 79.9. The van der Waals surface area contributed by atoms with Gasteiger partial charge in [0.2, 0.25) is 0 Å². The molecule has 154 valence electrons. The zero-order valence-corrected chi connectivity index (χ0v) is 17.9. The Bertz CT molecular complexity index is 888. The summed E-state index contributed by atoms with van der Waals surface area (Å²) in [6.07, 6.45) is -0.822. The molecule has 0 saturated carbocycles. The van der Waals surface area contributed by atoms with Crippen LogP contribution in [0.25, 0.3) is 0 Å². The van der Waals surface area contributed by atoms with Crippen molar-refractivity contribution in [3.8, 4) is 5.75 Å². The fourth-order valence-corrected chi connectivity index (χ4v) is 2.64. The van der Waals surface area contributed by atoms with Crippen molar-refractivity contribution in [2.75, 3.05) is 5.32 Å². The molecule has 0 fully saturated rings. The largest absolute Gasteiger partial charge is 0.481 e. The van der Waals surface area contributed by atoms with Gasteiger partial charge in [-0.3, -0.25) is 20.4 Å². The van der Waals surface area contributed by atoms with Crippen molar-refractivity contribution in [1.29, 1.82) is 0 Å². The van der Waals surface area contributed by atoms with Gasteiger partial charge in [-0.2, -0.15) is 0 Å². The van der Waals surface area contributed by atoms with Crippen molar-refractivity contribution in [2.45, 2.75) is 32.9 Å². The molecule has 4 amide bonds. The van der Waals surface area contributed by atoms with E-state index in [1.807, 2.05) is 19.9 Å². The van der Waals surface area contributed by atoms with Crippen molar-refractivity contribution in [2.24, 2.45) is 0 Å². The number of benzene rings is 2. The molecule has 0 saturated heterocycles. The maximum Gasteiger partial charge on any atom is 0.319 e. The first-order chi connectivity index (χ1) is 13.7. The van der Waals surface area contributed by atoms with Gasteiger partial charge >= 0.3 is 6.03 Å². The summed E-state index contributed by atoms with van der Waals surface area (Å²) in [4.78, 5) is 36.2. The summed E-state index contributed by atoms with van der Waals surface area (Å²) < 4.78 is 6.37. The molecule has 0 radical (unpaired) electrons. The molecule has 0 aromatic heterocycles. The summed E-state index contributed by atoms with van der Waals surface area (Å²) in [5.41, 5.74) is 5.38. The summed E-state index contributed by atoms with van der Waals surface area (Å²) >= 11 is 3.33. The molecule has 2 aromatic carbocycles. The van der Waals surface area contributed by atoms with E-state index in [0.29, 0.717) is 11.4 Å². The van der Waals surface area contributed by atoms with Crippen molar-refractivity contribution in [3.05, 3.63) is 58.6 Å². The lowest BCUT2D eigenvalue weighted by molar-refractivity contribution is -0.128. The Morgan fingerprint density at radius 3 is 2.38 bits per heavy atom. The van der Waals surface area contributed by atoms with E-state index < -0.39 is 17.9 Å². The van der Waals surface area contributed by atoms with Gasteiger partial charge in [0, 0.05) is 21.8 Å². The highest BCUT2D eigenvalue weighted by molar-refractivity contribution is 9.10. The van der Waals surface area contributed by atoms with E-state index in [1.54, 1.807) is 43.3 Å². The lowest BCUT2D eigenvalue weighted by Crippen LogP contribution is -2.47. The number of hydrogen-bond acceptors (Lipinski definition) is 4. The molecule has 0 aliphatic rings. The monoisotopic (exact) mass is 462 g/mol. The number of ether oxygens (including phenoxy) is 1. The predicted molar refractivity (Wildman–Crippen MR) is 114 cm³/mol. The van der Waals surface area contributed by atoms with Gasteiger partial charge in [0.25, 0.3) is 11.8 Å². The van der Waals surface area contributed by atoms with E-state index in [4.69, 9.17) is 4.74 Å². The van der Waals surface area contributed by atoms with Crippen LogP contribution in [-0.4, -0.2) is 30.0 Å². The Labute approximate surface area is 177 Å². The average Bonchev–Trinajstić information content (AvgIpc) is 2.65. The van der Waals surface area contributed by atoms with Crippen LogP contribution in [0.2, 0.25) is 0 Å². The second-order valence-electron chi connectivity index (χ2n) is 6.49. The minimum Gasteiger partial charge on any atom is -0.481 e. The van der Waals surface area contributed by atoms with Gasteiger partial charge in [0.1, 0.15) is 5.75 Å². The van der Waals surface area contributed by atoms with E-state index >= 15 is 0 Å². The van der Waals surface area contributed by atoms with Gasteiger partial charge in [-0.05, 0) is 57.2 Å². The normalized spacial score (nSPS) is 11.3. The van der Waals surface area contributed by atoms with Crippen molar-refractivity contribution >= 4 is 39.5 Å². The smallest absolute Gasteiger partial charge is 0.319 e. The second-order valence-corrected chi connectivity index (χ2v) is 7.41. The first-order valence-electron chi connectivity index (χ1n) is 8.94. The number of rotatable bonds is 6. The zero-order chi connectivity index (χ0) is 21.4. The van der Waals surface area contributed by atoms with E-state index in [1.165, 1.54) is 6.07 Å². The van der Waals surface area contributed by atoms with Gasteiger partial charge in [0.05, 0.1) is 0 Å². The van der Waals surface area contributed by atoms with Crippen molar-refractivity contribution in [3.63, 3.8) is 0 Å². The number of urea groups is 1. The van der Waals surface area contributed by atoms with Crippen LogP contribution in [0.3, 0.4) is 0 Å². The summed E-state index contributed by atoms with van der Waals surface area (Å²) in [7, 11) is 0. The summed E-state index contributed by atoms with van der Waals surface area (Å²) in [6.45, 7) is 5.25. The van der Waals surface area contributed by atoms with Gasteiger partial charge in [-0.25, -0.2) is 4.79 Å². The van der Waals surface area contributed by atoms with Crippen LogP contribution in [0.1, 0.15) is 31.1 Å². The Hall–Kier alpha value is -3.07. The third-order valence-corrected chi connectivity index (χ3v) is 4.07. The number of hydrogen-bond donors (Lipinski definition) is 4. The summed E-state index contributed by atoms with van der Waals surface area (Å²) in [6, 6.07) is 13.0. The van der Waals surface area contributed by atoms with Gasteiger partial charge < -0.3 is 15.4 Å². The van der Waals surface area contributed by atoms with Crippen LogP contribution in [-0.2, 0) is 4.79 Å². The number of carbonyl (C=O) groups excluding carboxylic acids is 3. The number of halogens is 1. The van der Waals surface area contributed by atoms with Crippen LogP contribution in [0, 0.1) is 0 Å². The van der Waals surface area contributed by atoms with Crippen molar-refractivity contribution < 1.29 is 19.1 Å². The number of carbonyl (C=O) groups is 3. The van der Waals surface area contributed by atoms with Crippen LogP contribution < -0.4 is 26.2 Å². The van der Waals surface area contributed by atoms with Crippen LogP contribution in [0.5, 0.6) is 5.75 Å². The molecule has 0 aliphatic carbocycles. The molecule has 0 spiro atoms. The highest BCUT2D eigenvalue weighted by Gasteiger charge is 2.16. The Morgan fingerprint density at radius 2 is 1.69 bits per heavy atom. The minimum absolute atomic E-state index is 0.0158. The molecule has 2 aromatic rings. The lowest BCUT2D eigenvalue weighted by Gasteiger charge is -2.15. The minimum atomic E-state index is -0.822. The number of nitrogens with one attached hydrogen (secondary N) is 4. The van der Waals surface area contributed by atoms with Gasteiger partial charge in [-0.15, -0.1) is 0 Å². The molecule has 9 heteroatoms. The summed E-state index contributed by atoms with van der Waals surface area (Å²) in [5, 5.41) is 5.33. The van der Waals surface area contributed by atoms with E-state index in [-0.39, 0.29) is 17.6 Å².